The number of nitrogens with one attached hydrogen (secondary N) is 1. The molecule has 8 nitrogen and oxygen atoms in total. The SMILES string of the molecule is COc1cccc(-c2cccc3nc(-c4cncc(S(C)(=O)=O)c4)nc(NCc4ccccn4)c23)c1. The number of sulfone groups is 1. The molecule has 0 aliphatic heterocycles. The minimum atomic E-state index is -3.44. The number of aromatic nitrogens is 4. The van der Waals surface area contributed by atoms with E-state index >= 15 is 0 Å². The summed E-state index contributed by atoms with van der Waals surface area (Å²) in [5.41, 5.74) is 3.95. The second kappa shape index (κ2) is 9.71. The van der Waals surface area contributed by atoms with E-state index in [1.54, 1.807) is 19.5 Å². The maximum atomic E-state index is 12.1. The molecule has 3 aromatic heterocycles. The number of nitrogens with zero attached hydrogens (tertiary/aromatic N) is 4. The third-order valence-electron chi connectivity index (χ3n) is 5.67. The molecule has 1 N–H and O–H groups in total. The van der Waals surface area contributed by atoms with Crippen molar-refractivity contribution in [2.24, 2.45) is 0 Å². The van der Waals surface area contributed by atoms with Crippen LogP contribution in [0.15, 0.2) is 90.2 Å². The van der Waals surface area contributed by atoms with Gasteiger partial charge in [-0.05, 0) is 47.5 Å². The Balaban J connectivity index is 1.70. The summed E-state index contributed by atoms with van der Waals surface area (Å²) in [6.45, 7) is 0.445. The van der Waals surface area contributed by atoms with E-state index in [2.05, 4.69) is 15.3 Å². The van der Waals surface area contributed by atoms with Crippen LogP contribution in [-0.2, 0) is 16.4 Å². The monoisotopic (exact) mass is 497 g/mol. The third-order valence-corrected chi connectivity index (χ3v) is 6.75. The highest BCUT2D eigenvalue weighted by molar-refractivity contribution is 7.90. The molecule has 0 radical (unpaired) electrons. The van der Waals surface area contributed by atoms with Crippen LogP contribution in [0.25, 0.3) is 33.4 Å². The number of ether oxygens (including phenoxy) is 1. The van der Waals surface area contributed by atoms with Crippen molar-refractivity contribution < 1.29 is 13.2 Å². The fraction of sp³-hybridized carbons (Fsp3) is 0.111. The molecule has 3 heterocycles. The summed E-state index contributed by atoms with van der Waals surface area (Å²) in [6.07, 6.45) is 5.77. The van der Waals surface area contributed by atoms with Crippen molar-refractivity contribution in [1.82, 2.24) is 19.9 Å². The number of methoxy groups -OCH3 is 1. The van der Waals surface area contributed by atoms with Crippen LogP contribution in [0.4, 0.5) is 5.82 Å². The zero-order valence-electron chi connectivity index (χ0n) is 19.7. The van der Waals surface area contributed by atoms with Crippen molar-refractivity contribution in [3.63, 3.8) is 0 Å². The van der Waals surface area contributed by atoms with Crippen molar-refractivity contribution in [3.8, 4) is 28.3 Å². The molecular weight excluding hydrogens is 474 g/mol. The highest BCUT2D eigenvalue weighted by Gasteiger charge is 2.16. The van der Waals surface area contributed by atoms with Crippen LogP contribution in [0, 0.1) is 0 Å². The Morgan fingerprint density at radius 1 is 0.917 bits per heavy atom. The summed E-state index contributed by atoms with van der Waals surface area (Å²) in [4.78, 5) is 18.2. The smallest absolute Gasteiger partial charge is 0.177 e. The van der Waals surface area contributed by atoms with Gasteiger partial charge in [-0.25, -0.2) is 18.4 Å². The first-order chi connectivity index (χ1) is 17.4. The van der Waals surface area contributed by atoms with Crippen molar-refractivity contribution >= 4 is 26.6 Å². The maximum absolute atomic E-state index is 12.1. The normalized spacial score (nSPS) is 11.4. The molecule has 0 aliphatic rings. The number of pyridine rings is 2. The lowest BCUT2D eigenvalue weighted by Gasteiger charge is -2.15. The number of hydrogen-bond acceptors (Lipinski definition) is 8. The van der Waals surface area contributed by atoms with Gasteiger partial charge in [-0.1, -0.05) is 30.3 Å². The molecule has 0 saturated heterocycles. The van der Waals surface area contributed by atoms with E-state index < -0.39 is 9.84 Å². The molecule has 0 unspecified atom stereocenters. The van der Waals surface area contributed by atoms with Gasteiger partial charge < -0.3 is 10.1 Å². The Morgan fingerprint density at radius 3 is 2.56 bits per heavy atom. The zero-order valence-corrected chi connectivity index (χ0v) is 20.5. The quantitative estimate of drug-likeness (QED) is 0.342. The van der Waals surface area contributed by atoms with E-state index in [0.717, 1.165) is 34.2 Å². The van der Waals surface area contributed by atoms with Gasteiger partial charge in [0.25, 0.3) is 0 Å². The van der Waals surface area contributed by atoms with Crippen LogP contribution in [0.2, 0.25) is 0 Å². The van der Waals surface area contributed by atoms with Gasteiger partial charge in [0.05, 0.1) is 35.1 Å². The minimum Gasteiger partial charge on any atom is -0.497 e. The molecule has 0 fully saturated rings. The van der Waals surface area contributed by atoms with Gasteiger partial charge in [0.15, 0.2) is 15.7 Å². The van der Waals surface area contributed by atoms with Crippen LogP contribution in [-0.4, -0.2) is 41.7 Å². The highest BCUT2D eigenvalue weighted by atomic mass is 32.2. The fourth-order valence-electron chi connectivity index (χ4n) is 3.89. The number of anilines is 1. The standard InChI is InChI=1S/C27H23N5O3S/c1-35-21-9-5-7-18(13-21)23-10-6-11-24-25(23)27(30-16-20-8-3-4-12-29-20)32-26(31-24)19-14-22(17-28-15-19)36(2,33)34/h3-15,17H,16H2,1-2H3,(H,30,31,32). The van der Waals surface area contributed by atoms with Crippen LogP contribution >= 0.6 is 0 Å². The molecule has 0 bridgehead atoms. The Kier molecular flexibility index (Phi) is 6.30. The molecule has 180 valence electrons. The number of benzene rings is 2. The summed E-state index contributed by atoms with van der Waals surface area (Å²) in [7, 11) is -1.80. The first-order valence-corrected chi connectivity index (χ1v) is 13.1. The largest absolute Gasteiger partial charge is 0.497 e. The van der Waals surface area contributed by atoms with Crippen molar-refractivity contribution in [2.45, 2.75) is 11.4 Å². The number of fused-ring (bicyclic) bond motifs is 1. The Hall–Kier alpha value is -4.37. The molecule has 2 aromatic carbocycles. The van der Waals surface area contributed by atoms with Crippen molar-refractivity contribution in [3.05, 3.63) is 91.0 Å². The Morgan fingerprint density at radius 2 is 1.78 bits per heavy atom. The lowest BCUT2D eigenvalue weighted by atomic mass is 10.00. The topological polar surface area (TPSA) is 107 Å². The molecule has 36 heavy (non-hydrogen) atoms. The summed E-state index contributed by atoms with van der Waals surface area (Å²) in [5.74, 6) is 1.71. The van der Waals surface area contributed by atoms with E-state index in [4.69, 9.17) is 14.7 Å². The van der Waals surface area contributed by atoms with Crippen LogP contribution in [0.1, 0.15) is 5.69 Å². The van der Waals surface area contributed by atoms with Crippen LogP contribution < -0.4 is 10.1 Å². The summed E-state index contributed by atoms with van der Waals surface area (Å²) >= 11 is 0. The average Bonchev–Trinajstić information content (AvgIpc) is 2.91. The molecule has 9 heteroatoms. The summed E-state index contributed by atoms with van der Waals surface area (Å²) < 4.78 is 29.6. The molecule has 0 saturated carbocycles. The first-order valence-electron chi connectivity index (χ1n) is 11.2. The van der Waals surface area contributed by atoms with Crippen molar-refractivity contribution in [2.75, 3.05) is 18.7 Å². The van der Waals surface area contributed by atoms with E-state index in [0.29, 0.717) is 29.3 Å². The second-order valence-electron chi connectivity index (χ2n) is 8.18. The van der Waals surface area contributed by atoms with Gasteiger partial charge in [-0.15, -0.1) is 0 Å². The van der Waals surface area contributed by atoms with Gasteiger partial charge in [-0.3, -0.25) is 9.97 Å². The second-order valence-corrected chi connectivity index (χ2v) is 10.2. The van der Waals surface area contributed by atoms with E-state index in [-0.39, 0.29) is 4.90 Å². The van der Waals surface area contributed by atoms with Crippen LogP contribution in [0.3, 0.4) is 0 Å². The molecule has 0 spiro atoms. The molecule has 5 aromatic rings. The summed E-state index contributed by atoms with van der Waals surface area (Å²) in [6, 6.07) is 20.9. The predicted molar refractivity (Wildman–Crippen MR) is 139 cm³/mol. The lowest BCUT2D eigenvalue weighted by Crippen LogP contribution is -2.06. The Labute approximate surface area is 209 Å². The van der Waals surface area contributed by atoms with Crippen molar-refractivity contribution in [1.29, 1.82) is 0 Å². The minimum absolute atomic E-state index is 0.108. The number of rotatable bonds is 7. The van der Waals surface area contributed by atoms with E-state index in [1.165, 1.54) is 12.3 Å². The fourth-order valence-corrected chi connectivity index (χ4v) is 4.49. The zero-order chi connectivity index (χ0) is 25.1. The average molecular weight is 498 g/mol. The van der Waals surface area contributed by atoms with Crippen LogP contribution in [0.5, 0.6) is 5.75 Å². The van der Waals surface area contributed by atoms with E-state index in [1.807, 2.05) is 60.7 Å². The molecular formula is C27H23N5O3S. The lowest BCUT2D eigenvalue weighted by molar-refractivity contribution is 0.415. The maximum Gasteiger partial charge on any atom is 0.177 e. The van der Waals surface area contributed by atoms with Gasteiger partial charge in [0.1, 0.15) is 11.6 Å². The Bertz CT molecular complexity index is 1660. The third kappa shape index (κ3) is 4.87. The van der Waals surface area contributed by atoms with Gasteiger partial charge >= 0.3 is 0 Å². The highest BCUT2D eigenvalue weighted by Crippen LogP contribution is 2.35. The predicted octanol–water partition coefficient (Wildman–Crippen LogP) is 4.78. The van der Waals surface area contributed by atoms with E-state index in [9.17, 15) is 8.42 Å². The molecule has 0 aliphatic carbocycles. The number of hydrogen-bond donors (Lipinski definition) is 1. The molecule has 0 atom stereocenters. The van der Waals surface area contributed by atoms with Gasteiger partial charge in [0.2, 0.25) is 0 Å². The van der Waals surface area contributed by atoms with Gasteiger partial charge in [-0.2, -0.15) is 0 Å². The van der Waals surface area contributed by atoms with Gasteiger partial charge in [0, 0.05) is 30.4 Å². The molecule has 0 amide bonds. The molecule has 5 rings (SSSR count). The first kappa shape index (κ1) is 23.4. The summed E-state index contributed by atoms with van der Waals surface area (Å²) in [5, 5.41) is 4.25.